The summed E-state index contributed by atoms with van der Waals surface area (Å²) in [6, 6.07) is 7.74. The molecule has 4 rings (SSSR count). The van der Waals surface area contributed by atoms with E-state index in [1.807, 2.05) is 18.2 Å². The van der Waals surface area contributed by atoms with Crippen LogP contribution in [0.15, 0.2) is 55.1 Å². The number of hydrogen-bond donors (Lipinski definition) is 2. The van der Waals surface area contributed by atoms with Gasteiger partial charge in [0.15, 0.2) is 11.6 Å². The molecule has 0 aliphatic rings. The summed E-state index contributed by atoms with van der Waals surface area (Å²) in [6.45, 7) is 1.69. The fourth-order valence-electron chi connectivity index (χ4n) is 3.18. The Morgan fingerprint density at radius 3 is 2.73 bits per heavy atom. The molecule has 0 fully saturated rings. The highest BCUT2D eigenvalue weighted by molar-refractivity contribution is 5.85. The summed E-state index contributed by atoms with van der Waals surface area (Å²) in [6.07, 6.45) is 6.83. The topological polar surface area (TPSA) is 61.8 Å². The van der Waals surface area contributed by atoms with Gasteiger partial charge in [-0.15, -0.1) is 0 Å². The number of rotatable bonds is 3. The van der Waals surface area contributed by atoms with E-state index in [1.165, 1.54) is 0 Å². The number of benzene rings is 1. The van der Waals surface area contributed by atoms with Crippen LogP contribution >= 0.6 is 0 Å². The first kappa shape index (κ1) is 16.2. The van der Waals surface area contributed by atoms with Gasteiger partial charge in [-0.2, -0.15) is 0 Å². The summed E-state index contributed by atoms with van der Waals surface area (Å²) in [5.41, 5.74) is 2.91. The van der Waals surface area contributed by atoms with E-state index in [0.29, 0.717) is 11.2 Å². The number of hydrogen-bond acceptors (Lipinski definition) is 3. The molecule has 1 aromatic carbocycles. The van der Waals surface area contributed by atoms with Crippen LogP contribution in [0.1, 0.15) is 24.0 Å². The Bertz CT molecular complexity index is 1090. The molecule has 130 valence electrons. The average molecular weight is 351 g/mol. The third kappa shape index (κ3) is 2.60. The zero-order valence-corrected chi connectivity index (χ0v) is 13.9. The molecule has 0 spiro atoms. The van der Waals surface area contributed by atoms with Crippen LogP contribution in [-0.2, 0) is 0 Å². The molecule has 0 aliphatic heterocycles. The number of nitrogens with zero attached hydrogens (tertiary/aromatic N) is 2. The quantitative estimate of drug-likeness (QED) is 0.559. The van der Waals surface area contributed by atoms with Crippen LogP contribution in [0.3, 0.4) is 0 Å². The predicted molar refractivity (Wildman–Crippen MR) is 94.9 cm³/mol. The molecule has 0 bridgehead atoms. The van der Waals surface area contributed by atoms with Gasteiger partial charge in [0.05, 0.1) is 0 Å². The lowest BCUT2D eigenvalue weighted by Crippen LogP contribution is -2.03. The molecule has 1 unspecified atom stereocenters. The van der Waals surface area contributed by atoms with E-state index in [9.17, 15) is 13.9 Å². The van der Waals surface area contributed by atoms with Gasteiger partial charge in [-0.3, -0.25) is 4.98 Å². The maximum Gasteiger partial charge on any atom is 0.171 e. The molecule has 3 heterocycles. The highest BCUT2D eigenvalue weighted by Gasteiger charge is 2.23. The van der Waals surface area contributed by atoms with Crippen molar-refractivity contribution < 1.29 is 13.9 Å². The van der Waals surface area contributed by atoms with Crippen molar-refractivity contribution in [3.63, 3.8) is 0 Å². The van der Waals surface area contributed by atoms with Crippen LogP contribution in [0.4, 0.5) is 8.78 Å². The second kappa shape index (κ2) is 6.22. The van der Waals surface area contributed by atoms with Crippen LogP contribution in [0, 0.1) is 11.6 Å². The fraction of sp³-hybridized carbons (Fsp3) is 0.100. The number of aromatic hydroxyl groups is 1. The number of fused-ring (bicyclic) bond motifs is 1. The monoisotopic (exact) mass is 351 g/mol. The van der Waals surface area contributed by atoms with E-state index >= 15 is 0 Å². The smallest absolute Gasteiger partial charge is 0.171 e. The summed E-state index contributed by atoms with van der Waals surface area (Å²) in [4.78, 5) is 11.5. The number of aromatic nitrogens is 3. The van der Waals surface area contributed by atoms with Crippen molar-refractivity contribution in [2.45, 2.75) is 12.8 Å². The lowest BCUT2D eigenvalue weighted by molar-refractivity contribution is 0.420. The average Bonchev–Trinajstić information content (AvgIpc) is 3.09. The van der Waals surface area contributed by atoms with Gasteiger partial charge in [-0.05, 0) is 29.8 Å². The van der Waals surface area contributed by atoms with Crippen LogP contribution in [0.5, 0.6) is 5.75 Å². The number of H-pyrrole nitrogens is 1. The zero-order valence-electron chi connectivity index (χ0n) is 13.9. The molecule has 0 radical (unpaired) electrons. The fourth-order valence-corrected chi connectivity index (χ4v) is 3.18. The van der Waals surface area contributed by atoms with E-state index in [-0.39, 0.29) is 5.56 Å². The largest absolute Gasteiger partial charge is 0.505 e. The molecule has 26 heavy (non-hydrogen) atoms. The van der Waals surface area contributed by atoms with Crippen LogP contribution in [0.2, 0.25) is 0 Å². The van der Waals surface area contributed by atoms with Gasteiger partial charge in [0, 0.05) is 52.8 Å². The first-order valence-corrected chi connectivity index (χ1v) is 8.10. The Labute approximate surface area is 148 Å². The Kier molecular flexibility index (Phi) is 3.88. The van der Waals surface area contributed by atoms with E-state index in [2.05, 4.69) is 15.0 Å². The number of phenolic OH excluding ortho intramolecular Hbond substituents is 1. The normalized spacial score (nSPS) is 12.4. The lowest BCUT2D eigenvalue weighted by Gasteiger charge is -2.14. The number of pyridine rings is 2. The zero-order chi connectivity index (χ0) is 18.3. The van der Waals surface area contributed by atoms with Crippen LogP contribution in [0.25, 0.3) is 22.2 Å². The maximum atomic E-state index is 14.3. The summed E-state index contributed by atoms with van der Waals surface area (Å²) in [5.74, 6) is -2.81. The predicted octanol–water partition coefficient (Wildman–Crippen LogP) is 4.76. The Balaban J connectivity index is 1.86. The standard InChI is InChI=1S/C20H15F2N3O/c1-11(18-16(21)4-5-17(26)19(18)22)15-10-25-20-14(15)7-13(9-24-20)12-3-2-6-23-8-12/h2-11,26H,1H3,(H,24,25). The Morgan fingerprint density at radius 2 is 1.96 bits per heavy atom. The molecule has 6 heteroatoms. The summed E-state index contributed by atoms with van der Waals surface area (Å²) < 4.78 is 28.6. The number of aromatic amines is 1. The van der Waals surface area contributed by atoms with Gasteiger partial charge in [-0.25, -0.2) is 13.8 Å². The van der Waals surface area contributed by atoms with Crippen molar-refractivity contribution in [1.82, 2.24) is 15.0 Å². The first-order chi connectivity index (χ1) is 12.6. The second-order valence-corrected chi connectivity index (χ2v) is 6.12. The van der Waals surface area contributed by atoms with Crippen LogP contribution < -0.4 is 0 Å². The van der Waals surface area contributed by atoms with Gasteiger partial charge in [0.1, 0.15) is 11.5 Å². The summed E-state index contributed by atoms with van der Waals surface area (Å²) >= 11 is 0. The highest BCUT2D eigenvalue weighted by atomic mass is 19.1. The number of halogens is 2. The van der Waals surface area contributed by atoms with Crippen molar-refractivity contribution >= 4 is 11.0 Å². The lowest BCUT2D eigenvalue weighted by atomic mass is 9.91. The molecule has 0 saturated heterocycles. The van der Waals surface area contributed by atoms with Gasteiger partial charge in [0.25, 0.3) is 0 Å². The minimum atomic E-state index is -0.941. The third-order valence-electron chi connectivity index (χ3n) is 4.56. The van der Waals surface area contributed by atoms with Gasteiger partial charge in [0.2, 0.25) is 0 Å². The van der Waals surface area contributed by atoms with E-state index in [1.54, 1.807) is 31.7 Å². The van der Waals surface area contributed by atoms with Gasteiger partial charge in [-0.1, -0.05) is 13.0 Å². The molecule has 0 saturated carbocycles. The maximum absolute atomic E-state index is 14.3. The van der Waals surface area contributed by atoms with E-state index in [0.717, 1.165) is 28.6 Å². The van der Waals surface area contributed by atoms with E-state index < -0.39 is 23.3 Å². The molecular weight excluding hydrogens is 336 g/mol. The summed E-state index contributed by atoms with van der Waals surface area (Å²) in [7, 11) is 0. The van der Waals surface area contributed by atoms with E-state index in [4.69, 9.17) is 0 Å². The van der Waals surface area contributed by atoms with Crippen molar-refractivity contribution in [2.75, 3.05) is 0 Å². The van der Waals surface area contributed by atoms with Crippen molar-refractivity contribution in [2.24, 2.45) is 0 Å². The minimum Gasteiger partial charge on any atom is -0.505 e. The number of nitrogens with one attached hydrogen (secondary N) is 1. The second-order valence-electron chi connectivity index (χ2n) is 6.12. The number of phenols is 1. The Morgan fingerprint density at radius 1 is 1.12 bits per heavy atom. The SMILES string of the molecule is CC(c1c(F)ccc(O)c1F)c1c[nH]c2ncc(-c3cccnc3)cc12. The molecular formula is C20H15F2N3O. The molecule has 4 aromatic rings. The van der Waals surface area contributed by atoms with Crippen LogP contribution in [-0.4, -0.2) is 20.1 Å². The summed E-state index contributed by atoms with van der Waals surface area (Å²) in [5, 5.41) is 10.4. The minimum absolute atomic E-state index is 0.169. The van der Waals surface area contributed by atoms with Crippen molar-refractivity contribution in [3.05, 3.63) is 77.9 Å². The molecule has 0 aliphatic carbocycles. The van der Waals surface area contributed by atoms with Gasteiger partial charge >= 0.3 is 0 Å². The Hall–Kier alpha value is -3.28. The highest BCUT2D eigenvalue weighted by Crippen LogP contribution is 2.36. The molecule has 1 atom stereocenters. The van der Waals surface area contributed by atoms with Crippen molar-refractivity contribution in [1.29, 1.82) is 0 Å². The molecule has 2 N–H and O–H groups in total. The molecule has 0 amide bonds. The van der Waals surface area contributed by atoms with Gasteiger partial charge < -0.3 is 10.1 Å². The third-order valence-corrected chi connectivity index (χ3v) is 4.56. The molecule has 3 aromatic heterocycles. The molecule has 4 nitrogen and oxygen atoms in total. The van der Waals surface area contributed by atoms with Crippen molar-refractivity contribution in [3.8, 4) is 16.9 Å². The first-order valence-electron chi connectivity index (χ1n) is 8.10.